The molecule has 0 N–H and O–H groups in total. The van der Waals surface area contributed by atoms with Crippen molar-refractivity contribution in [2.45, 2.75) is 207 Å². The predicted molar refractivity (Wildman–Crippen MR) is 260 cm³/mol. The molecule has 0 rings (SSSR count). The quantitative estimate of drug-likeness (QED) is 0.0264. The number of ether oxygens (including phenoxy) is 3. The van der Waals surface area contributed by atoms with Crippen LogP contribution >= 0.6 is 0 Å². The van der Waals surface area contributed by atoms with Crippen LogP contribution in [0.3, 0.4) is 0 Å². The first-order valence-electron chi connectivity index (χ1n) is 24.4. The van der Waals surface area contributed by atoms with E-state index in [-0.39, 0.29) is 37.5 Å². The van der Waals surface area contributed by atoms with E-state index in [1.165, 1.54) is 25.7 Å². The van der Waals surface area contributed by atoms with Crippen molar-refractivity contribution in [1.82, 2.24) is 0 Å². The summed E-state index contributed by atoms with van der Waals surface area (Å²) in [6, 6.07) is 0. The molecule has 0 aromatic rings. The molecule has 0 bridgehead atoms. The Kier molecular flexibility index (Phi) is 45.6. The molecule has 1 unspecified atom stereocenters. The van der Waals surface area contributed by atoms with Crippen molar-refractivity contribution in [3.05, 3.63) is 109 Å². The molecule has 1 atom stereocenters. The lowest BCUT2D eigenvalue weighted by Crippen LogP contribution is -2.30. The Bertz CT molecular complexity index is 1290. The number of esters is 3. The van der Waals surface area contributed by atoms with Crippen molar-refractivity contribution in [3.63, 3.8) is 0 Å². The molecule has 0 aliphatic carbocycles. The van der Waals surface area contributed by atoms with E-state index in [1.54, 1.807) is 0 Å². The summed E-state index contributed by atoms with van der Waals surface area (Å²) >= 11 is 0. The van der Waals surface area contributed by atoms with Gasteiger partial charge in [0.15, 0.2) is 6.10 Å². The molecule has 0 aromatic carbocycles. The van der Waals surface area contributed by atoms with Gasteiger partial charge in [-0.25, -0.2) is 0 Å². The zero-order valence-corrected chi connectivity index (χ0v) is 39.1. The number of hydrogen-bond acceptors (Lipinski definition) is 6. The molecule has 344 valence electrons. The molecule has 0 heterocycles. The molecule has 0 aromatic heterocycles. The first-order chi connectivity index (χ1) is 30.0. The molecule has 0 aliphatic rings. The van der Waals surface area contributed by atoms with Crippen LogP contribution in [0.25, 0.3) is 0 Å². The van der Waals surface area contributed by atoms with E-state index in [0.29, 0.717) is 19.3 Å². The average molecular weight is 845 g/mol. The van der Waals surface area contributed by atoms with Crippen LogP contribution in [0.2, 0.25) is 0 Å². The fourth-order valence-electron chi connectivity index (χ4n) is 6.15. The Morgan fingerprint density at radius 3 is 1.10 bits per heavy atom. The van der Waals surface area contributed by atoms with Gasteiger partial charge in [0.25, 0.3) is 0 Å². The van der Waals surface area contributed by atoms with Gasteiger partial charge in [-0.05, 0) is 109 Å². The van der Waals surface area contributed by atoms with Gasteiger partial charge in [-0.15, -0.1) is 0 Å². The maximum absolute atomic E-state index is 12.8. The van der Waals surface area contributed by atoms with Crippen LogP contribution in [0.4, 0.5) is 0 Å². The van der Waals surface area contributed by atoms with Gasteiger partial charge in [0.05, 0.1) is 0 Å². The largest absolute Gasteiger partial charge is 0.462 e. The van der Waals surface area contributed by atoms with Crippen molar-refractivity contribution < 1.29 is 28.6 Å². The van der Waals surface area contributed by atoms with Gasteiger partial charge in [0.1, 0.15) is 13.2 Å². The lowest BCUT2D eigenvalue weighted by atomic mass is 10.1. The third-order valence-corrected chi connectivity index (χ3v) is 9.76. The van der Waals surface area contributed by atoms with Gasteiger partial charge < -0.3 is 14.2 Å². The van der Waals surface area contributed by atoms with Crippen LogP contribution < -0.4 is 0 Å². The van der Waals surface area contributed by atoms with Gasteiger partial charge in [0, 0.05) is 19.3 Å². The van der Waals surface area contributed by atoms with Crippen molar-refractivity contribution in [2.75, 3.05) is 13.2 Å². The molecule has 6 nitrogen and oxygen atoms in total. The fourth-order valence-corrected chi connectivity index (χ4v) is 6.15. The molecule has 0 fully saturated rings. The molecule has 61 heavy (non-hydrogen) atoms. The van der Waals surface area contributed by atoms with Crippen LogP contribution in [0.15, 0.2) is 109 Å². The predicted octanol–water partition coefficient (Wildman–Crippen LogP) is 16.0. The second-order valence-electron chi connectivity index (χ2n) is 15.6. The molecule has 0 amide bonds. The summed E-state index contributed by atoms with van der Waals surface area (Å²) < 4.78 is 16.7. The van der Waals surface area contributed by atoms with Crippen LogP contribution in [0.5, 0.6) is 0 Å². The standard InChI is InChI=1S/C55H88O6/c1-4-7-10-13-16-19-22-25-27-30-33-36-39-42-45-48-54(57)60-51-52(50-59-53(56)47-44-41-38-35-32-29-24-21-18-15-12-9-6-3)61-55(58)49-46-43-40-37-34-31-28-26-23-20-17-14-11-8-5-2/h7,9-10,12,16-21,25-29,32,38,41,52H,4-6,8,11,13-15,22-24,30-31,33-37,39-40,42-51H2,1-3H3/b10-7-,12-9-,19-16-,20-17-,21-18-,27-25-,28-26-,32-29-,41-38-. The van der Waals surface area contributed by atoms with Crippen LogP contribution in [0.1, 0.15) is 201 Å². The third kappa shape index (κ3) is 47.0. The molecule has 0 radical (unpaired) electrons. The van der Waals surface area contributed by atoms with Crippen molar-refractivity contribution in [3.8, 4) is 0 Å². The van der Waals surface area contributed by atoms with E-state index in [4.69, 9.17) is 14.2 Å². The first kappa shape index (κ1) is 57.1. The van der Waals surface area contributed by atoms with E-state index >= 15 is 0 Å². The van der Waals surface area contributed by atoms with Gasteiger partial charge in [-0.2, -0.15) is 0 Å². The zero-order valence-electron chi connectivity index (χ0n) is 39.1. The summed E-state index contributed by atoms with van der Waals surface area (Å²) in [4.78, 5) is 37.9. The van der Waals surface area contributed by atoms with E-state index in [2.05, 4.69) is 118 Å². The molecule has 0 saturated heterocycles. The fraction of sp³-hybridized carbons (Fsp3) is 0.618. The lowest BCUT2D eigenvalue weighted by Gasteiger charge is -2.18. The average Bonchev–Trinajstić information content (AvgIpc) is 3.26. The zero-order chi connectivity index (χ0) is 44.4. The summed E-state index contributed by atoms with van der Waals surface area (Å²) in [5, 5.41) is 0. The molecule has 0 saturated carbocycles. The van der Waals surface area contributed by atoms with E-state index < -0.39 is 6.10 Å². The Morgan fingerprint density at radius 1 is 0.344 bits per heavy atom. The topological polar surface area (TPSA) is 78.9 Å². The van der Waals surface area contributed by atoms with Crippen molar-refractivity contribution in [2.24, 2.45) is 0 Å². The number of carbonyl (C=O) groups is 3. The first-order valence-corrected chi connectivity index (χ1v) is 24.4. The summed E-state index contributed by atoms with van der Waals surface area (Å²) in [5.41, 5.74) is 0. The van der Waals surface area contributed by atoms with Crippen LogP contribution in [-0.4, -0.2) is 37.2 Å². The number of allylic oxidation sites excluding steroid dienone is 18. The molecule has 0 aliphatic heterocycles. The second kappa shape index (κ2) is 48.7. The lowest BCUT2D eigenvalue weighted by molar-refractivity contribution is -0.166. The molecular formula is C55H88O6. The minimum Gasteiger partial charge on any atom is -0.462 e. The molecular weight excluding hydrogens is 757 g/mol. The monoisotopic (exact) mass is 845 g/mol. The number of unbranched alkanes of at least 4 members (excludes halogenated alkanes) is 13. The highest BCUT2D eigenvalue weighted by atomic mass is 16.6. The number of carbonyl (C=O) groups excluding carboxylic acids is 3. The Hall–Kier alpha value is -3.93. The van der Waals surface area contributed by atoms with Gasteiger partial charge in [-0.1, -0.05) is 182 Å². The highest BCUT2D eigenvalue weighted by Crippen LogP contribution is 2.12. The van der Waals surface area contributed by atoms with E-state index in [1.807, 2.05) is 12.2 Å². The Labute approximate surface area is 374 Å². The highest BCUT2D eigenvalue weighted by Gasteiger charge is 2.19. The van der Waals surface area contributed by atoms with E-state index in [0.717, 1.165) is 128 Å². The van der Waals surface area contributed by atoms with Gasteiger partial charge in [-0.3, -0.25) is 14.4 Å². The van der Waals surface area contributed by atoms with Crippen molar-refractivity contribution in [1.29, 1.82) is 0 Å². The summed E-state index contributed by atoms with van der Waals surface area (Å²) in [6.07, 6.45) is 65.1. The van der Waals surface area contributed by atoms with Crippen molar-refractivity contribution >= 4 is 17.9 Å². The molecule has 6 heteroatoms. The normalized spacial score (nSPS) is 13.0. The molecule has 0 spiro atoms. The minimum absolute atomic E-state index is 0.117. The van der Waals surface area contributed by atoms with Crippen LogP contribution in [0, 0.1) is 0 Å². The SMILES string of the molecule is CC/C=C\C/C=C\C/C=C\C/C=C\CCC(=O)OCC(COC(=O)CCCCCCC/C=C\C/C=C\C/C=C\CC)OC(=O)CCCCCCC/C=C\C/C=C\CCCCC. The summed E-state index contributed by atoms with van der Waals surface area (Å²) in [6.45, 7) is 6.27. The third-order valence-electron chi connectivity index (χ3n) is 9.76. The number of hydrogen-bond donors (Lipinski definition) is 0. The highest BCUT2D eigenvalue weighted by molar-refractivity contribution is 5.71. The van der Waals surface area contributed by atoms with Gasteiger partial charge >= 0.3 is 17.9 Å². The summed E-state index contributed by atoms with van der Waals surface area (Å²) in [5.74, 6) is -1.04. The Balaban J connectivity index is 4.55. The van der Waals surface area contributed by atoms with E-state index in [9.17, 15) is 14.4 Å². The van der Waals surface area contributed by atoms with Gasteiger partial charge in [0.2, 0.25) is 0 Å². The summed E-state index contributed by atoms with van der Waals surface area (Å²) in [7, 11) is 0. The minimum atomic E-state index is -0.822. The Morgan fingerprint density at radius 2 is 0.672 bits per heavy atom. The second-order valence-corrected chi connectivity index (χ2v) is 15.6. The maximum atomic E-state index is 12.8. The van der Waals surface area contributed by atoms with Crippen LogP contribution in [-0.2, 0) is 28.6 Å². The smallest absolute Gasteiger partial charge is 0.306 e. The maximum Gasteiger partial charge on any atom is 0.306 e. The number of rotatable bonds is 42.